The van der Waals surface area contributed by atoms with Crippen LogP contribution >= 0.6 is 11.3 Å². The van der Waals surface area contributed by atoms with E-state index >= 15 is 0 Å². The summed E-state index contributed by atoms with van der Waals surface area (Å²) in [6.45, 7) is 0.902. The largest absolute Gasteiger partial charge is 0.347 e. The number of amides is 1. The van der Waals surface area contributed by atoms with Crippen LogP contribution in [0, 0.1) is 0 Å². The molecule has 1 atom stereocenters. The van der Waals surface area contributed by atoms with Crippen molar-refractivity contribution < 1.29 is 4.79 Å². The second-order valence-electron chi connectivity index (χ2n) is 4.16. The van der Waals surface area contributed by atoms with Gasteiger partial charge in [-0.3, -0.25) is 4.79 Å². The molecule has 2 heterocycles. The van der Waals surface area contributed by atoms with Crippen LogP contribution in [0.2, 0.25) is 0 Å². The minimum atomic E-state index is -0.0586. The van der Waals surface area contributed by atoms with E-state index in [9.17, 15) is 4.79 Å². The van der Waals surface area contributed by atoms with Crippen LogP contribution in [0.5, 0.6) is 0 Å². The fourth-order valence-corrected chi connectivity index (χ4v) is 2.64. The summed E-state index contributed by atoms with van der Waals surface area (Å²) in [5.74, 6) is 0.162. The van der Waals surface area contributed by atoms with Gasteiger partial charge in [-0.2, -0.15) is 0 Å². The van der Waals surface area contributed by atoms with Crippen LogP contribution in [0.25, 0.3) is 0 Å². The number of hydrogen-bond donors (Lipinski definition) is 0. The second kappa shape index (κ2) is 4.78. The van der Waals surface area contributed by atoms with Gasteiger partial charge in [-0.05, 0) is 19.3 Å². The lowest BCUT2D eigenvalue weighted by atomic mass is 10.0. The van der Waals surface area contributed by atoms with Gasteiger partial charge in [-0.15, -0.1) is 10.2 Å². The Balaban J connectivity index is 2.17. The lowest BCUT2D eigenvalue weighted by molar-refractivity contribution is -0.130. The first kappa shape index (κ1) is 11.3. The summed E-state index contributed by atoms with van der Waals surface area (Å²) in [5, 5.41) is 8.75. The van der Waals surface area contributed by atoms with Gasteiger partial charge in [0.05, 0.1) is 0 Å². The quantitative estimate of drug-likeness (QED) is 0.773. The Morgan fingerprint density at radius 2 is 2.38 bits per heavy atom. The van der Waals surface area contributed by atoms with E-state index in [-0.39, 0.29) is 11.9 Å². The number of likely N-dealkylation sites (N-methyl/N-ethyl adjacent to an activating group) is 1. The van der Waals surface area contributed by atoms with Gasteiger partial charge in [0.1, 0.15) is 11.6 Å². The van der Waals surface area contributed by atoms with Crippen molar-refractivity contribution in [1.29, 1.82) is 0 Å². The molecule has 1 aromatic rings. The average Bonchev–Trinajstić information content (AvgIpc) is 2.81. The van der Waals surface area contributed by atoms with E-state index in [1.54, 1.807) is 24.5 Å². The van der Waals surface area contributed by atoms with Crippen LogP contribution in [0.1, 0.15) is 19.3 Å². The smallest absolute Gasteiger partial charge is 0.244 e. The molecular weight excluding hydrogens is 224 g/mol. The molecule has 1 fully saturated rings. The van der Waals surface area contributed by atoms with Crippen LogP contribution in [0.15, 0.2) is 5.51 Å². The van der Waals surface area contributed by atoms with Crippen molar-refractivity contribution in [3.05, 3.63) is 5.51 Å². The third kappa shape index (κ3) is 2.16. The lowest BCUT2D eigenvalue weighted by Crippen LogP contribution is -2.49. The molecule has 1 aliphatic rings. The number of hydrogen-bond acceptors (Lipinski definition) is 5. The van der Waals surface area contributed by atoms with Crippen molar-refractivity contribution in [1.82, 2.24) is 15.1 Å². The number of anilines is 1. The summed E-state index contributed by atoms with van der Waals surface area (Å²) in [4.78, 5) is 15.8. The Hall–Kier alpha value is -1.17. The summed E-state index contributed by atoms with van der Waals surface area (Å²) in [7, 11) is 3.60. The van der Waals surface area contributed by atoms with E-state index < -0.39 is 0 Å². The third-order valence-corrected chi connectivity index (χ3v) is 3.55. The Labute approximate surface area is 99.1 Å². The highest BCUT2D eigenvalue weighted by atomic mass is 32.1. The number of carbonyl (C=O) groups excluding carboxylic acids is 1. The SMILES string of the molecule is CN(C)C(=O)C1CCCCN1c1nncs1. The fraction of sp³-hybridized carbons (Fsp3) is 0.700. The van der Waals surface area contributed by atoms with Gasteiger partial charge < -0.3 is 9.80 Å². The van der Waals surface area contributed by atoms with Crippen LogP contribution in [0.4, 0.5) is 5.13 Å². The van der Waals surface area contributed by atoms with Gasteiger partial charge in [0, 0.05) is 20.6 Å². The first-order valence-electron chi connectivity index (χ1n) is 5.44. The monoisotopic (exact) mass is 240 g/mol. The van der Waals surface area contributed by atoms with Crippen molar-refractivity contribution in [2.45, 2.75) is 25.3 Å². The number of nitrogens with zero attached hydrogens (tertiary/aromatic N) is 4. The predicted molar refractivity (Wildman–Crippen MR) is 63.6 cm³/mol. The number of rotatable bonds is 2. The Morgan fingerprint density at radius 3 is 3.00 bits per heavy atom. The van der Waals surface area contributed by atoms with Crippen LogP contribution in [0.3, 0.4) is 0 Å². The predicted octanol–water partition coefficient (Wildman–Crippen LogP) is 0.985. The van der Waals surface area contributed by atoms with Crippen molar-refractivity contribution in [2.24, 2.45) is 0 Å². The maximum atomic E-state index is 12.0. The normalized spacial score (nSPS) is 20.9. The van der Waals surface area contributed by atoms with Crippen molar-refractivity contribution in [2.75, 3.05) is 25.5 Å². The van der Waals surface area contributed by atoms with Gasteiger partial charge >= 0.3 is 0 Å². The molecule has 88 valence electrons. The number of carbonyl (C=O) groups is 1. The van der Waals surface area contributed by atoms with Crippen molar-refractivity contribution >= 4 is 22.4 Å². The first-order chi connectivity index (χ1) is 7.70. The molecular formula is C10H16N4OS. The summed E-state index contributed by atoms with van der Waals surface area (Å²) >= 11 is 1.50. The molecule has 1 saturated heterocycles. The molecule has 0 saturated carbocycles. The molecule has 0 aromatic carbocycles. The molecule has 1 unspecified atom stereocenters. The molecule has 5 nitrogen and oxygen atoms in total. The highest BCUT2D eigenvalue weighted by molar-refractivity contribution is 7.13. The zero-order valence-corrected chi connectivity index (χ0v) is 10.4. The van der Waals surface area contributed by atoms with Crippen molar-refractivity contribution in [3.63, 3.8) is 0 Å². The topological polar surface area (TPSA) is 49.3 Å². The molecule has 6 heteroatoms. The highest BCUT2D eigenvalue weighted by Gasteiger charge is 2.31. The summed E-state index contributed by atoms with van der Waals surface area (Å²) in [5.41, 5.74) is 1.71. The molecule has 1 aromatic heterocycles. The molecule has 2 rings (SSSR count). The minimum Gasteiger partial charge on any atom is -0.347 e. The maximum absolute atomic E-state index is 12.0. The molecule has 16 heavy (non-hydrogen) atoms. The molecule has 1 aliphatic heterocycles. The average molecular weight is 240 g/mol. The van der Waals surface area contributed by atoms with Crippen LogP contribution < -0.4 is 4.90 Å². The van der Waals surface area contributed by atoms with Gasteiger partial charge in [0.25, 0.3) is 0 Å². The van der Waals surface area contributed by atoms with Crippen LogP contribution in [-0.4, -0.2) is 47.7 Å². The zero-order chi connectivity index (χ0) is 11.5. The number of piperidine rings is 1. The molecule has 0 bridgehead atoms. The number of aromatic nitrogens is 2. The van der Waals surface area contributed by atoms with Gasteiger partial charge in [0.2, 0.25) is 11.0 Å². The summed E-state index contributed by atoms with van der Waals surface area (Å²) < 4.78 is 0. The molecule has 0 spiro atoms. The molecule has 1 amide bonds. The summed E-state index contributed by atoms with van der Waals surface area (Å²) in [6.07, 6.45) is 3.15. The van der Waals surface area contributed by atoms with E-state index in [2.05, 4.69) is 15.1 Å². The van der Waals surface area contributed by atoms with E-state index in [4.69, 9.17) is 0 Å². The van der Waals surface area contributed by atoms with Crippen LogP contribution in [-0.2, 0) is 4.79 Å². The second-order valence-corrected chi connectivity index (χ2v) is 4.97. The van der Waals surface area contributed by atoms with Gasteiger partial charge in [-0.25, -0.2) is 0 Å². The maximum Gasteiger partial charge on any atom is 0.244 e. The van der Waals surface area contributed by atoms with Crippen molar-refractivity contribution in [3.8, 4) is 0 Å². The van der Waals surface area contributed by atoms with E-state index in [0.717, 1.165) is 30.9 Å². The Bertz CT molecular complexity index is 352. The standard InChI is InChI=1S/C10H16N4OS/c1-13(2)9(15)8-5-3-4-6-14(8)10-12-11-7-16-10/h7-8H,3-6H2,1-2H3. The molecule has 0 N–H and O–H groups in total. The highest BCUT2D eigenvalue weighted by Crippen LogP contribution is 2.26. The zero-order valence-electron chi connectivity index (χ0n) is 9.59. The Morgan fingerprint density at radius 1 is 1.56 bits per heavy atom. The summed E-state index contributed by atoms with van der Waals surface area (Å²) in [6, 6.07) is -0.0586. The molecule has 0 radical (unpaired) electrons. The fourth-order valence-electron chi connectivity index (χ4n) is 2.01. The minimum absolute atomic E-state index is 0.0586. The van der Waals surface area contributed by atoms with Gasteiger partial charge in [0.15, 0.2) is 0 Å². The van der Waals surface area contributed by atoms with Gasteiger partial charge in [-0.1, -0.05) is 11.3 Å². The third-order valence-electron chi connectivity index (χ3n) is 2.82. The Kier molecular flexibility index (Phi) is 3.38. The van der Waals surface area contributed by atoms with E-state index in [0.29, 0.717) is 0 Å². The first-order valence-corrected chi connectivity index (χ1v) is 6.32. The lowest BCUT2D eigenvalue weighted by Gasteiger charge is -2.35. The molecule has 0 aliphatic carbocycles. The van der Waals surface area contributed by atoms with E-state index in [1.807, 2.05) is 0 Å². The van der Waals surface area contributed by atoms with E-state index in [1.165, 1.54) is 11.3 Å².